The van der Waals surface area contributed by atoms with E-state index in [0.717, 1.165) is 34.8 Å². The zero-order valence-electron chi connectivity index (χ0n) is 16.2. The maximum absolute atomic E-state index is 12.6. The van der Waals surface area contributed by atoms with E-state index in [1.54, 1.807) is 10.7 Å². The fraction of sp³-hybridized carbons (Fsp3) is 0.273. The number of aryl methyl sites for hydroxylation is 3. The first kappa shape index (κ1) is 18.7. The molecule has 0 atom stereocenters. The lowest BCUT2D eigenvalue weighted by Crippen LogP contribution is -2.13. The van der Waals surface area contributed by atoms with Gasteiger partial charge in [0.2, 0.25) is 0 Å². The van der Waals surface area contributed by atoms with Gasteiger partial charge in [-0.05, 0) is 55.7 Å². The highest BCUT2D eigenvalue weighted by Gasteiger charge is 2.14. The summed E-state index contributed by atoms with van der Waals surface area (Å²) in [4.78, 5) is 12.6. The van der Waals surface area contributed by atoms with Crippen molar-refractivity contribution in [2.45, 2.75) is 33.8 Å². The standard InChI is InChI=1S/C22H25N3O2/c1-5-17-9-11-20(12-10-17)27-14-18-7-6-8-19(13-18)22(26)23-21-15(2)24-25(4)16(21)3/h6-13H,5,14H2,1-4H3,(H,23,26). The summed E-state index contributed by atoms with van der Waals surface area (Å²) in [6.45, 7) is 6.36. The molecule has 3 rings (SSSR count). The smallest absolute Gasteiger partial charge is 0.255 e. The zero-order chi connectivity index (χ0) is 19.4. The number of nitrogens with zero attached hydrogens (tertiary/aromatic N) is 2. The lowest BCUT2D eigenvalue weighted by Gasteiger charge is -2.09. The summed E-state index contributed by atoms with van der Waals surface area (Å²) < 4.78 is 7.60. The van der Waals surface area contributed by atoms with E-state index in [-0.39, 0.29) is 5.91 Å². The molecule has 0 unspecified atom stereocenters. The number of benzene rings is 2. The van der Waals surface area contributed by atoms with Crippen molar-refractivity contribution in [3.05, 3.63) is 76.6 Å². The van der Waals surface area contributed by atoms with Crippen molar-refractivity contribution in [3.63, 3.8) is 0 Å². The number of amides is 1. The van der Waals surface area contributed by atoms with Gasteiger partial charge in [-0.3, -0.25) is 9.48 Å². The van der Waals surface area contributed by atoms with Crippen LogP contribution in [0.1, 0.15) is 39.8 Å². The van der Waals surface area contributed by atoms with E-state index in [1.807, 2.05) is 51.2 Å². The highest BCUT2D eigenvalue weighted by Crippen LogP contribution is 2.20. The molecule has 1 N–H and O–H groups in total. The lowest BCUT2D eigenvalue weighted by molar-refractivity contribution is 0.102. The average molecular weight is 363 g/mol. The first-order valence-corrected chi connectivity index (χ1v) is 9.10. The number of aromatic nitrogens is 2. The molecular weight excluding hydrogens is 338 g/mol. The van der Waals surface area contributed by atoms with Crippen LogP contribution >= 0.6 is 0 Å². The van der Waals surface area contributed by atoms with Gasteiger partial charge in [-0.25, -0.2) is 0 Å². The summed E-state index contributed by atoms with van der Waals surface area (Å²) >= 11 is 0. The molecule has 0 saturated heterocycles. The van der Waals surface area contributed by atoms with Crippen molar-refractivity contribution in [3.8, 4) is 5.75 Å². The number of rotatable bonds is 6. The Kier molecular flexibility index (Phi) is 5.60. The number of carbonyl (C=O) groups is 1. The van der Waals surface area contributed by atoms with Crippen molar-refractivity contribution in [1.29, 1.82) is 0 Å². The molecule has 1 aromatic heterocycles. The SMILES string of the molecule is CCc1ccc(OCc2cccc(C(=O)Nc3c(C)nn(C)c3C)c2)cc1. The predicted molar refractivity (Wildman–Crippen MR) is 107 cm³/mol. The van der Waals surface area contributed by atoms with Crippen LogP contribution in [-0.4, -0.2) is 15.7 Å². The molecular formula is C22H25N3O2. The molecule has 0 radical (unpaired) electrons. The zero-order valence-corrected chi connectivity index (χ0v) is 16.2. The summed E-state index contributed by atoms with van der Waals surface area (Å²) in [5.41, 5.74) is 5.32. The molecule has 2 aromatic carbocycles. The van der Waals surface area contributed by atoms with E-state index in [0.29, 0.717) is 12.2 Å². The second-order valence-electron chi connectivity index (χ2n) is 6.61. The third kappa shape index (κ3) is 4.37. The fourth-order valence-corrected chi connectivity index (χ4v) is 2.93. The molecule has 0 fully saturated rings. The van der Waals surface area contributed by atoms with Crippen molar-refractivity contribution < 1.29 is 9.53 Å². The van der Waals surface area contributed by atoms with Crippen LogP contribution in [0.3, 0.4) is 0 Å². The van der Waals surface area contributed by atoms with Crippen molar-refractivity contribution in [1.82, 2.24) is 9.78 Å². The van der Waals surface area contributed by atoms with Gasteiger partial charge in [-0.15, -0.1) is 0 Å². The van der Waals surface area contributed by atoms with Gasteiger partial charge in [-0.2, -0.15) is 5.10 Å². The Morgan fingerprint density at radius 3 is 2.48 bits per heavy atom. The summed E-state index contributed by atoms with van der Waals surface area (Å²) in [5.74, 6) is 0.673. The van der Waals surface area contributed by atoms with Crippen LogP contribution in [0.4, 0.5) is 5.69 Å². The number of hydrogen-bond acceptors (Lipinski definition) is 3. The molecule has 0 aliphatic heterocycles. The fourth-order valence-electron chi connectivity index (χ4n) is 2.93. The van der Waals surface area contributed by atoms with Gasteiger partial charge in [0.05, 0.1) is 17.1 Å². The number of anilines is 1. The van der Waals surface area contributed by atoms with Gasteiger partial charge in [0, 0.05) is 12.6 Å². The van der Waals surface area contributed by atoms with E-state index in [9.17, 15) is 4.79 Å². The minimum atomic E-state index is -0.150. The molecule has 5 heteroatoms. The van der Waals surface area contributed by atoms with Crippen LogP contribution in [-0.2, 0) is 20.1 Å². The first-order chi connectivity index (χ1) is 13.0. The third-order valence-corrected chi connectivity index (χ3v) is 4.67. The van der Waals surface area contributed by atoms with Gasteiger partial charge < -0.3 is 10.1 Å². The molecule has 0 spiro atoms. The largest absolute Gasteiger partial charge is 0.489 e. The molecule has 3 aromatic rings. The first-order valence-electron chi connectivity index (χ1n) is 9.10. The molecule has 140 valence electrons. The molecule has 0 aliphatic carbocycles. The number of hydrogen-bond donors (Lipinski definition) is 1. The van der Waals surface area contributed by atoms with E-state index < -0.39 is 0 Å². The van der Waals surface area contributed by atoms with E-state index >= 15 is 0 Å². The van der Waals surface area contributed by atoms with Gasteiger partial charge >= 0.3 is 0 Å². The Balaban J connectivity index is 1.68. The Labute approximate surface area is 160 Å². The van der Waals surface area contributed by atoms with E-state index in [1.165, 1.54) is 5.56 Å². The van der Waals surface area contributed by atoms with Crippen LogP contribution in [0.2, 0.25) is 0 Å². The van der Waals surface area contributed by atoms with Crippen molar-refractivity contribution in [2.24, 2.45) is 7.05 Å². The van der Waals surface area contributed by atoms with Crippen LogP contribution in [0.25, 0.3) is 0 Å². The Bertz CT molecular complexity index is 943. The molecule has 27 heavy (non-hydrogen) atoms. The Morgan fingerprint density at radius 2 is 1.85 bits per heavy atom. The Hall–Kier alpha value is -3.08. The van der Waals surface area contributed by atoms with E-state index in [2.05, 4.69) is 29.5 Å². The van der Waals surface area contributed by atoms with Gasteiger partial charge in [-0.1, -0.05) is 31.2 Å². The van der Waals surface area contributed by atoms with Crippen LogP contribution in [0.5, 0.6) is 5.75 Å². The van der Waals surface area contributed by atoms with Gasteiger partial charge in [0.15, 0.2) is 0 Å². The number of ether oxygens (including phenoxy) is 1. The van der Waals surface area contributed by atoms with Gasteiger partial charge in [0.25, 0.3) is 5.91 Å². The summed E-state index contributed by atoms with van der Waals surface area (Å²) in [6, 6.07) is 15.6. The maximum Gasteiger partial charge on any atom is 0.255 e. The molecule has 0 bridgehead atoms. The van der Waals surface area contributed by atoms with E-state index in [4.69, 9.17) is 4.74 Å². The molecule has 0 aliphatic rings. The normalized spacial score (nSPS) is 10.7. The number of nitrogens with one attached hydrogen (secondary N) is 1. The van der Waals surface area contributed by atoms with Crippen LogP contribution < -0.4 is 10.1 Å². The summed E-state index contributed by atoms with van der Waals surface area (Å²) in [5, 5.41) is 7.30. The van der Waals surface area contributed by atoms with Crippen molar-refractivity contribution >= 4 is 11.6 Å². The van der Waals surface area contributed by atoms with Crippen LogP contribution in [0, 0.1) is 13.8 Å². The molecule has 0 saturated carbocycles. The Morgan fingerprint density at radius 1 is 1.11 bits per heavy atom. The van der Waals surface area contributed by atoms with Crippen molar-refractivity contribution in [2.75, 3.05) is 5.32 Å². The molecule has 1 heterocycles. The highest BCUT2D eigenvalue weighted by molar-refractivity contribution is 6.05. The van der Waals surface area contributed by atoms with Gasteiger partial charge in [0.1, 0.15) is 12.4 Å². The quantitative estimate of drug-likeness (QED) is 0.705. The number of carbonyl (C=O) groups excluding carboxylic acids is 1. The molecule has 5 nitrogen and oxygen atoms in total. The second kappa shape index (κ2) is 8.08. The minimum Gasteiger partial charge on any atom is -0.489 e. The predicted octanol–water partition coefficient (Wildman–Crippen LogP) is 4.43. The molecule has 1 amide bonds. The third-order valence-electron chi connectivity index (χ3n) is 4.67. The lowest BCUT2D eigenvalue weighted by atomic mass is 10.1. The monoisotopic (exact) mass is 363 g/mol. The summed E-state index contributed by atoms with van der Waals surface area (Å²) in [6.07, 6.45) is 1.01. The highest BCUT2D eigenvalue weighted by atomic mass is 16.5. The topological polar surface area (TPSA) is 56.1 Å². The second-order valence-corrected chi connectivity index (χ2v) is 6.61. The van der Waals surface area contributed by atoms with Crippen LogP contribution in [0.15, 0.2) is 48.5 Å². The summed E-state index contributed by atoms with van der Waals surface area (Å²) in [7, 11) is 1.86. The maximum atomic E-state index is 12.6. The minimum absolute atomic E-state index is 0.150. The average Bonchev–Trinajstić information content (AvgIpc) is 2.93.